The van der Waals surface area contributed by atoms with E-state index in [-0.39, 0.29) is 0 Å². The summed E-state index contributed by atoms with van der Waals surface area (Å²) in [6, 6.07) is 5.63. The molecular formula is C10H11N3OS. The molecule has 1 aromatic rings. The molecule has 0 bridgehead atoms. The van der Waals surface area contributed by atoms with Gasteiger partial charge in [0.2, 0.25) is 0 Å². The maximum atomic E-state index is 11.2. The van der Waals surface area contributed by atoms with E-state index >= 15 is 0 Å². The predicted octanol–water partition coefficient (Wildman–Crippen LogP) is 0.522. The summed E-state index contributed by atoms with van der Waals surface area (Å²) in [6.07, 6.45) is 1.57. The van der Waals surface area contributed by atoms with Crippen molar-refractivity contribution in [2.24, 2.45) is 0 Å². The number of rotatable bonds is 1. The zero-order valence-corrected chi connectivity index (χ0v) is 9.04. The van der Waals surface area contributed by atoms with Crippen LogP contribution >= 0.6 is 0 Å². The number of nitrogens with zero attached hydrogens (tertiary/aromatic N) is 3. The van der Waals surface area contributed by atoms with Crippen molar-refractivity contribution >= 4 is 17.0 Å². The second-order valence-corrected chi connectivity index (χ2v) is 5.05. The van der Waals surface area contributed by atoms with Crippen LogP contribution in [-0.4, -0.2) is 34.1 Å². The topological polar surface area (TPSA) is 63.0 Å². The van der Waals surface area contributed by atoms with E-state index in [9.17, 15) is 4.55 Å². The Bertz CT molecular complexity index is 365. The molecule has 4 nitrogen and oxygen atoms in total. The minimum atomic E-state index is -0.662. The molecule has 2 heterocycles. The highest BCUT2D eigenvalue weighted by atomic mass is 32.2. The van der Waals surface area contributed by atoms with Crippen molar-refractivity contribution < 1.29 is 4.55 Å². The lowest BCUT2D eigenvalue weighted by Gasteiger charge is -2.28. The molecule has 1 fully saturated rings. The number of aromatic nitrogens is 1. The van der Waals surface area contributed by atoms with Crippen molar-refractivity contribution in [1.29, 1.82) is 5.26 Å². The molecule has 1 aliphatic heterocycles. The van der Waals surface area contributed by atoms with Gasteiger partial charge >= 0.3 is 0 Å². The zero-order valence-electron chi connectivity index (χ0n) is 8.22. The lowest BCUT2D eigenvalue weighted by Crippen LogP contribution is -2.40. The van der Waals surface area contributed by atoms with Crippen LogP contribution in [0.1, 0.15) is 5.56 Å². The van der Waals surface area contributed by atoms with Gasteiger partial charge in [0.05, 0.1) is 18.7 Å². The van der Waals surface area contributed by atoms with Crippen molar-refractivity contribution in [2.75, 3.05) is 29.5 Å². The lowest BCUT2D eigenvalue weighted by molar-refractivity contribution is 0.585. The summed E-state index contributed by atoms with van der Waals surface area (Å²) < 4.78 is 11.2. The van der Waals surface area contributed by atoms with Gasteiger partial charge < -0.3 is 9.45 Å². The van der Waals surface area contributed by atoms with Crippen molar-refractivity contribution in [3.8, 4) is 6.07 Å². The summed E-state index contributed by atoms with van der Waals surface area (Å²) in [6.45, 7) is 1.57. The van der Waals surface area contributed by atoms with E-state index in [0.717, 1.165) is 18.9 Å². The molecule has 0 aromatic carbocycles. The number of hydrogen-bond acceptors (Lipinski definition) is 4. The summed E-state index contributed by atoms with van der Waals surface area (Å²) in [5, 5.41) is 8.63. The van der Waals surface area contributed by atoms with Crippen molar-refractivity contribution in [3.63, 3.8) is 0 Å². The van der Waals surface area contributed by atoms with Gasteiger partial charge in [-0.05, 0) is 12.1 Å². The molecule has 0 aliphatic carbocycles. The highest BCUT2D eigenvalue weighted by molar-refractivity contribution is 7.91. The highest BCUT2D eigenvalue weighted by Gasteiger charge is 2.19. The van der Waals surface area contributed by atoms with Gasteiger partial charge in [-0.2, -0.15) is 5.26 Å². The van der Waals surface area contributed by atoms with E-state index in [4.69, 9.17) is 5.26 Å². The second-order valence-electron chi connectivity index (χ2n) is 3.35. The molecule has 5 heteroatoms. The maximum absolute atomic E-state index is 11.2. The lowest BCUT2D eigenvalue weighted by atomic mass is 10.3. The van der Waals surface area contributed by atoms with E-state index in [1.807, 2.05) is 12.1 Å². The van der Waals surface area contributed by atoms with Crippen LogP contribution in [0.2, 0.25) is 0 Å². The van der Waals surface area contributed by atoms with Gasteiger partial charge in [0.15, 0.2) is 0 Å². The van der Waals surface area contributed by atoms with Crippen molar-refractivity contribution in [2.45, 2.75) is 0 Å². The zero-order chi connectivity index (χ0) is 10.7. The molecule has 0 spiro atoms. The van der Waals surface area contributed by atoms with E-state index in [1.165, 1.54) is 0 Å². The normalized spacial score (nSPS) is 17.5. The minimum Gasteiger partial charge on any atom is -0.616 e. The summed E-state index contributed by atoms with van der Waals surface area (Å²) >= 11 is -0.662. The number of pyridine rings is 1. The third-order valence-corrected chi connectivity index (χ3v) is 3.65. The fourth-order valence-corrected chi connectivity index (χ4v) is 2.56. The number of hydrogen-bond donors (Lipinski definition) is 0. The molecule has 0 radical (unpaired) electrons. The standard InChI is InChI=1S/C10H11N3OS/c11-7-9-1-2-10(12-8-9)13-3-5-15(14)6-4-13/h1-2,8H,3-6H2. The predicted molar refractivity (Wildman–Crippen MR) is 59.0 cm³/mol. The first-order valence-electron chi connectivity index (χ1n) is 4.75. The van der Waals surface area contributed by atoms with Crippen LogP contribution in [0.5, 0.6) is 0 Å². The first-order valence-corrected chi connectivity index (χ1v) is 6.24. The average Bonchev–Trinajstić information content (AvgIpc) is 2.30. The Morgan fingerprint density at radius 2 is 2.13 bits per heavy atom. The van der Waals surface area contributed by atoms with Crippen LogP contribution < -0.4 is 4.90 Å². The SMILES string of the molecule is N#Cc1ccc(N2CC[S+]([O-])CC2)nc1. The van der Waals surface area contributed by atoms with Crippen molar-refractivity contribution in [3.05, 3.63) is 23.9 Å². The first-order chi connectivity index (χ1) is 7.29. The fourth-order valence-electron chi connectivity index (χ4n) is 1.51. The van der Waals surface area contributed by atoms with Gasteiger partial charge in [-0.1, -0.05) is 11.2 Å². The van der Waals surface area contributed by atoms with Gasteiger partial charge in [-0.15, -0.1) is 0 Å². The van der Waals surface area contributed by atoms with E-state index in [0.29, 0.717) is 17.1 Å². The Hall–Kier alpha value is -1.25. The largest absolute Gasteiger partial charge is 0.616 e. The number of nitriles is 1. The summed E-state index contributed by atoms with van der Waals surface area (Å²) in [5.74, 6) is 2.29. The van der Waals surface area contributed by atoms with Crippen LogP contribution in [0.3, 0.4) is 0 Å². The second kappa shape index (κ2) is 4.51. The molecule has 78 valence electrons. The van der Waals surface area contributed by atoms with Crippen LogP contribution in [0.4, 0.5) is 5.82 Å². The van der Waals surface area contributed by atoms with Crippen LogP contribution in [0.25, 0.3) is 0 Å². The Balaban J connectivity index is 2.07. The molecule has 15 heavy (non-hydrogen) atoms. The smallest absolute Gasteiger partial charge is 0.128 e. The summed E-state index contributed by atoms with van der Waals surface area (Å²) in [7, 11) is 0. The van der Waals surface area contributed by atoms with E-state index in [1.54, 1.807) is 12.3 Å². The Morgan fingerprint density at radius 1 is 1.40 bits per heavy atom. The van der Waals surface area contributed by atoms with Crippen LogP contribution in [0, 0.1) is 11.3 Å². The quantitative estimate of drug-likeness (QED) is 0.649. The van der Waals surface area contributed by atoms with Gasteiger partial charge in [0, 0.05) is 6.20 Å². The molecule has 1 saturated heterocycles. The van der Waals surface area contributed by atoms with Gasteiger partial charge in [0.25, 0.3) is 0 Å². The highest BCUT2D eigenvalue weighted by Crippen LogP contribution is 2.14. The third kappa shape index (κ3) is 2.41. The first kappa shape index (κ1) is 10.3. The monoisotopic (exact) mass is 221 g/mol. The molecule has 2 rings (SSSR count). The van der Waals surface area contributed by atoms with Gasteiger partial charge in [0.1, 0.15) is 23.4 Å². The molecule has 0 unspecified atom stereocenters. The molecule has 0 atom stereocenters. The van der Waals surface area contributed by atoms with Gasteiger partial charge in [-0.3, -0.25) is 0 Å². The Labute approximate surface area is 91.7 Å². The van der Waals surface area contributed by atoms with Crippen LogP contribution in [0.15, 0.2) is 18.3 Å². The molecule has 1 aliphatic rings. The van der Waals surface area contributed by atoms with Gasteiger partial charge in [-0.25, -0.2) is 4.98 Å². The van der Waals surface area contributed by atoms with Crippen molar-refractivity contribution in [1.82, 2.24) is 4.98 Å². The molecule has 0 saturated carbocycles. The Morgan fingerprint density at radius 3 is 2.67 bits per heavy atom. The minimum absolute atomic E-state index is 0.569. The Kier molecular flexibility index (Phi) is 3.09. The summed E-state index contributed by atoms with van der Waals surface area (Å²) in [5.41, 5.74) is 0.569. The third-order valence-electron chi connectivity index (χ3n) is 2.38. The van der Waals surface area contributed by atoms with E-state index in [2.05, 4.69) is 9.88 Å². The van der Waals surface area contributed by atoms with Crippen LogP contribution in [-0.2, 0) is 11.2 Å². The number of anilines is 1. The maximum Gasteiger partial charge on any atom is 0.128 e. The van der Waals surface area contributed by atoms with E-state index < -0.39 is 11.2 Å². The fraction of sp³-hybridized carbons (Fsp3) is 0.400. The molecular weight excluding hydrogens is 210 g/mol. The summed E-state index contributed by atoms with van der Waals surface area (Å²) in [4.78, 5) is 6.30. The molecule has 1 aromatic heterocycles. The average molecular weight is 221 g/mol. The molecule has 0 N–H and O–H groups in total. The molecule has 0 amide bonds.